The SMILES string of the molecule is Cc1cncc(C(N)c2cc3cc(C)ccc3o2)c1. The molecule has 0 amide bonds. The molecule has 1 unspecified atom stereocenters. The minimum absolute atomic E-state index is 0.278. The fraction of sp³-hybridized carbons (Fsp3) is 0.188. The summed E-state index contributed by atoms with van der Waals surface area (Å²) in [5.74, 6) is 0.771. The Balaban J connectivity index is 2.04. The molecule has 1 aromatic carbocycles. The number of benzene rings is 1. The minimum atomic E-state index is -0.278. The van der Waals surface area contributed by atoms with Crippen molar-refractivity contribution in [2.24, 2.45) is 5.73 Å². The molecule has 19 heavy (non-hydrogen) atoms. The molecule has 96 valence electrons. The summed E-state index contributed by atoms with van der Waals surface area (Å²) in [7, 11) is 0. The van der Waals surface area contributed by atoms with Crippen LogP contribution in [0.5, 0.6) is 0 Å². The molecule has 0 fully saturated rings. The maximum Gasteiger partial charge on any atom is 0.134 e. The van der Waals surface area contributed by atoms with E-state index in [0.717, 1.165) is 27.9 Å². The molecule has 3 rings (SSSR count). The Hall–Kier alpha value is -2.13. The Morgan fingerprint density at radius 3 is 2.68 bits per heavy atom. The van der Waals surface area contributed by atoms with Gasteiger partial charge in [0.15, 0.2) is 0 Å². The highest BCUT2D eigenvalue weighted by Crippen LogP contribution is 2.27. The zero-order chi connectivity index (χ0) is 13.4. The molecular weight excluding hydrogens is 236 g/mol. The van der Waals surface area contributed by atoms with E-state index in [9.17, 15) is 0 Å². The van der Waals surface area contributed by atoms with Crippen LogP contribution in [-0.2, 0) is 0 Å². The number of rotatable bonds is 2. The lowest BCUT2D eigenvalue weighted by atomic mass is 10.1. The summed E-state index contributed by atoms with van der Waals surface area (Å²) in [5.41, 5.74) is 10.4. The molecule has 0 aliphatic rings. The van der Waals surface area contributed by atoms with Crippen LogP contribution in [0, 0.1) is 13.8 Å². The lowest BCUT2D eigenvalue weighted by Crippen LogP contribution is -2.11. The lowest BCUT2D eigenvalue weighted by molar-refractivity contribution is 0.524. The molecule has 2 heterocycles. The van der Waals surface area contributed by atoms with Crippen molar-refractivity contribution in [1.82, 2.24) is 4.98 Å². The van der Waals surface area contributed by atoms with Crippen LogP contribution < -0.4 is 5.73 Å². The summed E-state index contributed by atoms with van der Waals surface area (Å²) in [5, 5.41) is 1.09. The molecule has 0 spiro atoms. The molecule has 3 nitrogen and oxygen atoms in total. The number of hydrogen-bond donors (Lipinski definition) is 1. The third-order valence-corrected chi connectivity index (χ3v) is 3.25. The first kappa shape index (κ1) is 11.9. The second-order valence-corrected chi connectivity index (χ2v) is 4.96. The van der Waals surface area contributed by atoms with Crippen LogP contribution in [0.25, 0.3) is 11.0 Å². The summed E-state index contributed by atoms with van der Waals surface area (Å²) in [4.78, 5) is 4.18. The number of hydrogen-bond acceptors (Lipinski definition) is 3. The predicted molar refractivity (Wildman–Crippen MR) is 76.0 cm³/mol. The second kappa shape index (κ2) is 4.52. The molecule has 1 atom stereocenters. The Labute approximate surface area is 112 Å². The molecule has 2 N–H and O–H groups in total. The Morgan fingerprint density at radius 1 is 1.05 bits per heavy atom. The third-order valence-electron chi connectivity index (χ3n) is 3.25. The van der Waals surface area contributed by atoms with Crippen molar-refractivity contribution in [2.45, 2.75) is 19.9 Å². The summed E-state index contributed by atoms with van der Waals surface area (Å²) >= 11 is 0. The van der Waals surface area contributed by atoms with E-state index >= 15 is 0 Å². The maximum atomic E-state index is 6.25. The van der Waals surface area contributed by atoms with Gasteiger partial charge in [-0.1, -0.05) is 17.7 Å². The van der Waals surface area contributed by atoms with E-state index in [1.54, 1.807) is 6.20 Å². The highest BCUT2D eigenvalue weighted by Gasteiger charge is 2.14. The molecule has 0 aliphatic carbocycles. The molecule has 2 aromatic heterocycles. The van der Waals surface area contributed by atoms with Crippen LogP contribution in [0.1, 0.15) is 28.5 Å². The van der Waals surface area contributed by atoms with Crippen LogP contribution in [0.2, 0.25) is 0 Å². The summed E-state index contributed by atoms with van der Waals surface area (Å²) in [6.45, 7) is 4.07. The molecule has 0 saturated carbocycles. The summed E-state index contributed by atoms with van der Waals surface area (Å²) in [6.07, 6.45) is 3.61. The maximum absolute atomic E-state index is 6.25. The minimum Gasteiger partial charge on any atom is -0.459 e. The average Bonchev–Trinajstić information content (AvgIpc) is 2.80. The molecule has 0 radical (unpaired) electrons. The van der Waals surface area contributed by atoms with Crippen molar-refractivity contribution >= 4 is 11.0 Å². The monoisotopic (exact) mass is 252 g/mol. The van der Waals surface area contributed by atoms with Gasteiger partial charge >= 0.3 is 0 Å². The zero-order valence-corrected chi connectivity index (χ0v) is 11.1. The highest BCUT2D eigenvalue weighted by molar-refractivity contribution is 5.78. The van der Waals surface area contributed by atoms with E-state index < -0.39 is 0 Å². The van der Waals surface area contributed by atoms with E-state index in [1.807, 2.05) is 37.4 Å². The summed E-state index contributed by atoms with van der Waals surface area (Å²) in [6, 6.07) is 9.89. The van der Waals surface area contributed by atoms with Crippen molar-refractivity contribution in [1.29, 1.82) is 0 Å². The zero-order valence-electron chi connectivity index (χ0n) is 11.1. The molecule has 3 heteroatoms. The van der Waals surface area contributed by atoms with E-state index in [4.69, 9.17) is 10.2 Å². The van der Waals surface area contributed by atoms with Gasteiger partial charge in [-0.05, 0) is 43.2 Å². The van der Waals surface area contributed by atoms with Gasteiger partial charge in [-0.3, -0.25) is 4.98 Å². The molecule has 0 bridgehead atoms. The van der Waals surface area contributed by atoms with Crippen molar-refractivity contribution < 1.29 is 4.42 Å². The first-order valence-corrected chi connectivity index (χ1v) is 6.31. The van der Waals surface area contributed by atoms with E-state index in [0.29, 0.717) is 0 Å². The number of furan rings is 1. The predicted octanol–water partition coefficient (Wildman–Crippen LogP) is 3.49. The van der Waals surface area contributed by atoms with Gasteiger partial charge in [0.1, 0.15) is 11.3 Å². The number of fused-ring (bicyclic) bond motifs is 1. The average molecular weight is 252 g/mol. The standard InChI is InChI=1S/C16H16N2O/c1-10-3-4-14-12(5-10)7-15(19-14)16(17)13-6-11(2)8-18-9-13/h3-9,16H,17H2,1-2H3. The largest absolute Gasteiger partial charge is 0.459 e. The van der Waals surface area contributed by atoms with Crippen LogP contribution in [0.15, 0.2) is 47.1 Å². The van der Waals surface area contributed by atoms with Gasteiger partial charge < -0.3 is 10.2 Å². The van der Waals surface area contributed by atoms with Crippen LogP contribution >= 0.6 is 0 Å². The smallest absolute Gasteiger partial charge is 0.134 e. The summed E-state index contributed by atoms with van der Waals surface area (Å²) < 4.78 is 5.83. The van der Waals surface area contributed by atoms with E-state index in [2.05, 4.69) is 18.0 Å². The molecule has 3 aromatic rings. The van der Waals surface area contributed by atoms with Crippen LogP contribution in [-0.4, -0.2) is 4.98 Å². The third kappa shape index (κ3) is 2.25. The van der Waals surface area contributed by atoms with Crippen molar-refractivity contribution in [3.8, 4) is 0 Å². The Kier molecular flexibility index (Phi) is 2.84. The molecular formula is C16H16N2O. The normalized spacial score (nSPS) is 12.8. The lowest BCUT2D eigenvalue weighted by Gasteiger charge is -2.08. The highest BCUT2D eigenvalue weighted by atomic mass is 16.3. The van der Waals surface area contributed by atoms with Gasteiger partial charge in [-0.2, -0.15) is 0 Å². The number of aryl methyl sites for hydroxylation is 2. The first-order valence-electron chi connectivity index (χ1n) is 6.31. The Morgan fingerprint density at radius 2 is 1.89 bits per heavy atom. The number of aromatic nitrogens is 1. The van der Waals surface area contributed by atoms with Crippen LogP contribution in [0.3, 0.4) is 0 Å². The number of nitrogens with two attached hydrogens (primary N) is 1. The van der Waals surface area contributed by atoms with Gasteiger partial charge in [0, 0.05) is 17.8 Å². The first-order chi connectivity index (χ1) is 9.13. The fourth-order valence-corrected chi connectivity index (χ4v) is 2.25. The van der Waals surface area contributed by atoms with E-state index in [-0.39, 0.29) is 6.04 Å². The quantitative estimate of drug-likeness (QED) is 0.759. The fourth-order valence-electron chi connectivity index (χ4n) is 2.25. The number of pyridine rings is 1. The Bertz CT molecular complexity index is 730. The van der Waals surface area contributed by atoms with Gasteiger partial charge in [-0.15, -0.1) is 0 Å². The van der Waals surface area contributed by atoms with Crippen molar-refractivity contribution in [3.05, 3.63) is 65.2 Å². The van der Waals surface area contributed by atoms with Gasteiger partial charge in [0.25, 0.3) is 0 Å². The van der Waals surface area contributed by atoms with Gasteiger partial charge in [-0.25, -0.2) is 0 Å². The number of nitrogens with zero attached hydrogens (tertiary/aromatic N) is 1. The van der Waals surface area contributed by atoms with E-state index in [1.165, 1.54) is 5.56 Å². The topological polar surface area (TPSA) is 52.0 Å². The van der Waals surface area contributed by atoms with Crippen LogP contribution in [0.4, 0.5) is 0 Å². The molecule has 0 aliphatic heterocycles. The van der Waals surface area contributed by atoms with Gasteiger partial charge in [0.2, 0.25) is 0 Å². The van der Waals surface area contributed by atoms with Crippen molar-refractivity contribution in [3.63, 3.8) is 0 Å². The van der Waals surface area contributed by atoms with Crippen molar-refractivity contribution in [2.75, 3.05) is 0 Å². The second-order valence-electron chi connectivity index (χ2n) is 4.96. The van der Waals surface area contributed by atoms with Gasteiger partial charge in [0.05, 0.1) is 6.04 Å². The molecule has 0 saturated heterocycles.